The van der Waals surface area contributed by atoms with Crippen LogP contribution in [-0.4, -0.2) is 15.0 Å². The molecule has 4 aromatic rings. The maximum absolute atomic E-state index is 6.09. The number of benzene rings is 1. The normalized spacial score (nSPS) is 10.8. The molecule has 112 valence electrons. The summed E-state index contributed by atoms with van der Waals surface area (Å²) in [5.41, 5.74) is 0.820. The van der Waals surface area contributed by atoms with Gasteiger partial charge in [-0.15, -0.1) is 11.3 Å². The first-order valence-corrected chi connectivity index (χ1v) is 8.16. The van der Waals surface area contributed by atoms with E-state index in [1.165, 1.54) is 0 Å². The first kappa shape index (κ1) is 14.1. The lowest BCUT2D eigenvalue weighted by atomic mass is 10.2. The average Bonchev–Trinajstić information content (AvgIpc) is 3.11. The first-order chi connectivity index (χ1) is 11.3. The molecule has 6 heteroatoms. The molecule has 0 unspecified atom stereocenters. The highest BCUT2D eigenvalue weighted by Crippen LogP contribution is 2.33. The lowest BCUT2D eigenvalue weighted by Crippen LogP contribution is -1.96. The van der Waals surface area contributed by atoms with Crippen LogP contribution in [-0.2, 0) is 0 Å². The molecular weight excluding hydrogens is 330 g/mol. The molecule has 3 heterocycles. The molecule has 0 atom stereocenters. The summed E-state index contributed by atoms with van der Waals surface area (Å²) >= 11 is 7.67. The lowest BCUT2D eigenvalue weighted by Gasteiger charge is -2.10. The second kappa shape index (κ2) is 5.95. The van der Waals surface area contributed by atoms with E-state index in [0.717, 1.165) is 15.8 Å². The molecule has 0 aliphatic heterocycles. The fourth-order valence-corrected chi connectivity index (χ4v) is 3.01. The zero-order chi connectivity index (χ0) is 15.6. The zero-order valence-electron chi connectivity index (χ0n) is 11.8. The van der Waals surface area contributed by atoms with Crippen LogP contribution in [0.3, 0.4) is 0 Å². The molecule has 0 aliphatic carbocycles. The Labute approximate surface area is 141 Å². The smallest absolute Gasteiger partial charge is 0.230 e. The summed E-state index contributed by atoms with van der Waals surface area (Å²) in [4.78, 5) is 14.2. The van der Waals surface area contributed by atoms with Crippen LogP contribution in [0.25, 0.3) is 21.6 Å². The number of hydrogen-bond donors (Lipinski definition) is 0. The summed E-state index contributed by atoms with van der Waals surface area (Å²) in [6.07, 6.45) is 1.62. The Morgan fingerprint density at radius 2 is 1.87 bits per heavy atom. The van der Waals surface area contributed by atoms with Gasteiger partial charge in [0.1, 0.15) is 0 Å². The van der Waals surface area contributed by atoms with Gasteiger partial charge in [0.15, 0.2) is 16.7 Å². The fourth-order valence-electron chi connectivity index (χ4n) is 2.19. The summed E-state index contributed by atoms with van der Waals surface area (Å²) in [7, 11) is 0. The molecule has 0 N–H and O–H groups in total. The Morgan fingerprint density at radius 1 is 0.957 bits per heavy atom. The van der Waals surface area contributed by atoms with Crippen LogP contribution in [0.5, 0.6) is 11.6 Å². The minimum atomic E-state index is 0.299. The number of hydrogen-bond acceptors (Lipinski definition) is 5. The molecule has 4 nitrogen and oxygen atoms in total. The number of pyridine rings is 1. The minimum Gasteiger partial charge on any atom is -0.435 e. The van der Waals surface area contributed by atoms with Gasteiger partial charge in [0.2, 0.25) is 5.88 Å². The van der Waals surface area contributed by atoms with Crippen molar-refractivity contribution in [2.45, 2.75) is 0 Å². The highest BCUT2D eigenvalue weighted by molar-refractivity contribution is 7.13. The Hall–Kier alpha value is -2.50. The quantitative estimate of drug-likeness (QED) is 0.481. The Balaban J connectivity index is 1.89. The summed E-state index contributed by atoms with van der Waals surface area (Å²) in [5, 5.41) is 3.12. The van der Waals surface area contributed by atoms with Crippen LogP contribution in [0, 0.1) is 0 Å². The maximum atomic E-state index is 6.09. The van der Waals surface area contributed by atoms with E-state index in [4.69, 9.17) is 16.3 Å². The number of ether oxygens (including phenoxy) is 1. The number of thiophene rings is 1. The summed E-state index contributed by atoms with van der Waals surface area (Å²) in [6, 6.07) is 15.2. The molecule has 0 saturated heterocycles. The number of rotatable bonds is 3. The highest BCUT2D eigenvalue weighted by Gasteiger charge is 2.13. The Morgan fingerprint density at radius 3 is 2.70 bits per heavy atom. The van der Waals surface area contributed by atoms with Gasteiger partial charge in [-0.3, -0.25) is 0 Å². The van der Waals surface area contributed by atoms with Gasteiger partial charge < -0.3 is 4.74 Å². The van der Waals surface area contributed by atoms with E-state index >= 15 is 0 Å². The summed E-state index contributed by atoms with van der Waals surface area (Å²) < 4.78 is 5.92. The van der Waals surface area contributed by atoms with E-state index < -0.39 is 0 Å². The van der Waals surface area contributed by atoms with Gasteiger partial charge in [-0.1, -0.05) is 29.8 Å². The van der Waals surface area contributed by atoms with Crippen LogP contribution in [0.1, 0.15) is 0 Å². The van der Waals surface area contributed by atoms with Gasteiger partial charge in [-0.25, -0.2) is 9.97 Å². The van der Waals surface area contributed by atoms with Crippen LogP contribution >= 0.6 is 22.9 Å². The van der Waals surface area contributed by atoms with Crippen molar-refractivity contribution in [3.8, 4) is 22.3 Å². The van der Waals surface area contributed by atoms with Gasteiger partial charge in [0.05, 0.1) is 15.8 Å². The maximum Gasteiger partial charge on any atom is 0.230 e. The highest BCUT2D eigenvalue weighted by atomic mass is 35.5. The SMILES string of the molecule is Clc1ncccc1Oc1nc(-c2cccs2)nc2ccccc12. The molecule has 0 fully saturated rings. The average molecular weight is 340 g/mol. The van der Waals surface area contributed by atoms with Gasteiger partial charge in [-0.05, 0) is 35.7 Å². The number of fused-ring (bicyclic) bond motifs is 1. The minimum absolute atomic E-state index is 0.299. The van der Waals surface area contributed by atoms with Crippen molar-refractivity contribution in [2.75, 3.05) is 0 Å². The van der Waals surface area contributed by atoms with E-state index in [0.29, 0.717) is 22.6 Å². The van der Waals surface area contributed by atoms with E-state index in [1.807, 2.05) is 41.8 Å². The number of aromatic nitrogens is 3. The van der Waals surface area contributed by atoms with E-state index in [-0.39, 0.29) is 0 Å². The number of para-hydroxylation sites is 1. The van der Waals surface area contributed by atoms with Gasteiger partial charge >= 0.3 is 0 Å². The van der Waals surface area contributed by atoms with Crippen LogP contribution in [0.15, 0.2) is 60.1 Å². The molecule has 0 amide bonds. The van der Waals surface area contributed by atoms with Crippen LogP contribution in [0.2, 0.25) is 5.15 Å². The molecule has 1 aromatic carbocycles. The molecule has 0 bridgehead atoms. The number of halogens is 1. The van der Waals surface area contributed by atoms with Crippen LogP contribution in [0.4, 0.5) is 0 Å². The van der Waals surface area contributed by atoms with Crippen molar-refractivity contribution in [1.29, 1.82) is 0 Å². The van der Waals surface area contributed by atoms with Crippen molar-refractivity contribution in [3.63, 3.8) is 0 Å². The van der Waals surface area contributed by atoms with Gasteiger partial charge in [-0.2, -0.15) is 4.98 Å². The third kappa shape index (κ3) is 2.76. The fraction of sp³-hybridized carbons (Fsp3) is 0. The third-order valence-corrected chi connectivity index (χ3v) is 4.39. The first-order valence-electron chi connectivity index (χ1n) is 6.90. The summed E-state index contributed by atoms with van der Waals surface area (Å²) in [6.45, 7) is 0. The zero-order valence-corrected chi connectivity index (χ0v) is 13.4. The largest absolute Gasteiger partial charge is 0.435 e. The van der Waals surface area contributed by atoms with Gasteiger partial charge in [0.25, 0.3) is 0 Å². The Bertz CT molecular complexity index is 973. The predicted octanol–water partition coefficient (Wildman–Crippen LogP) is 5.20. The molecule has 0 aliphatic rings. The Kier molecular flexibility index (Phi) is 3.65. The van der Waals surface area contributed by atoms with Crippen molar-refractivity contribution in [1.82, 2.24) is 15.0 Å². The predicted molar refractivity (Wildman–Crippen MR) is 92.2 cm³/mol. The second-order valence-electron chi connectivity index (χ2n) is 4.74. The van der Waals surface area contributed by atoms with Crippen molar-refractivity contribution >= 4 is 33.8 Å². The molecular formula is C17H10ClN3OS. The monoisotopic (exact) mass is 339 g/mol. The second-order valence-corrected chi connectivity index (χ2v) is 6.05. The van der Waals surface area contributed by atoms with E-state index in [9.17, 15) is 0 Å². The topological polar surface area (TPSA) is 47.9 Å². The lowest BCUT2D eigenvalue weighted by molar-refractivity contribution is 0.467. The summed E-state index contributed by atoms with van der Waals surface area (Å²) in [5.74, 6) is 1.57. The molecule has 4 rings (SSSR count). The molecule has 3 aromatic heterocycles. The molecule has 0 radical (unpaired) electrons. The van der Waals surface area contributed by atoms with E-state index in [2.05, 4.69) is 15.0 Å². The van der Waals surface area contributed by atoms with Gasteiger partial charge in [0, 0.05) is 6.20 Å². The van der Waals surface area contributed by atoms with E-state index in [1.54, 1.807) is 29.7 Å². The third-order valence-electron chi connectivity index (χ3n) is 3.24. The molecule has 0 spiro atoms. The van der Waals surface area contributed by atoms with Crippen molar-refractivity contribution in [2.24, 2.45) is 0 Å². The van der Waals surface area contributed by atoms with Crippen LogP contribution < -0.4 is 4.74 Å². The molecule has 23 heavy (non-hydrogen) atoms. The number of nitrogens with zero attached hydrogens (tertiary/aromatic N) is 3. The van der Waals surface area contributed by atoms with Crippen molar-refractivity contribution in [3.05, 3.63) is 65.3 Å². The standard InChI is InChI=1S/C17H10ClN3OS/c18-15-13(7-3-9-19-15)22-17-11-5-1-2-6-12(11)20-16(21-17)14-8-4-10-23-14/h1-10H. The molecule has 0 saturated carbocycles. The van der Waals surface area contributed by atoms with Crippen molar-refractivity contribution < 1.29 is 4.74 Å².